The Morgan fingerprint density at radius 3 is 1.82 bits per heavy atom. The third-order valence-corrected chi connectivity index (χ3v) is 5.30. The van der Waals surface area contributed by atoms with E-state index in [2.05, 4.69) is 10.6 Å². The van der Waals surface area contributed by atoms with E-state index in [0.717, 1.165) is 4.90 Å². The maximum absolute atomic E-state index is 13.3. The van der Waals surface area contributed by atoms with E-state index in [0.29, 0.717) is 16.7 Å². The van der Waals surface area contributed by atoms with Crippen molar-refractivity contribution in [1.82, 2.24) is 10.2 Å². The predicted octanol–water partition coefficient (Wildman–Crippen LogP) is -0.269. The molecule has 0 aromatic heterocycles. The molecule has 0 spiro atoms. The molecule has 194 valence electrons. The number of hydrogen-bond acceptors (Lipinski definition) is 8. The summed E-state index contributed by atoms with van der Waals surface area (Å²) in [5.74, 6) is -1.70. The van der Waals surface area contributed by atoms with Gasteiger partial charge in [-0.3, -0.25) is 14.4 Å². The van der Waals surface area contributed by atoms with Crippen molar-refractivity contribution in [2.75, 3.05) is 52.5 Å². The van der Waals surface area contributed by atoms with Crippen molar-refractivity contribution < 1.29 is 39.5 Å². The fourth-order valence-electron chi connectivity index (χ4n) is 3.43. The van der Waals surface area contributed by atoms with E-state index >= 15 is 0 Å². The van der Waals surface area contributed by atoms with Crippen molar-refractivity contribution in [1.29, 1.82) is 0 Å². The Labute approximate surface area is 200 Å². The predicted molar refractivity (Wildman–Crippen MR) is 128 cm³/mol. The SMILES string of the molecule is CC.COCC(=O)Nc1c(C)c(C(=O)NC(CO)CO)c(C)c(C(=O)N(C)C(CO)CO)c1C. The number of nitrogens with zero attached hydrogens (tertiary/aromatic N) is 1. The number of carbonyl (C=O) groups excluding carboxylic acids is 3. The first-order valence-electron chi connectivity index (χ1n) is 11.0. The Bertz CT molecular complexity index is 836. The zero-order chi connectivity index (χ0) is 26.6. The van der Waals surface area contributed by atoms with Crippen LogP contribution in [-0.4, -0.2) is 102 Å². The summed E-state index contributed by atoms with van der Waals surface area (Å²) in [5, 5.41) is 42.7. The maximum Gasteiger partial charge on any atom is 0.254 e. The molecule has 0 unspecified atom stereocenters. The molecule has 6 N–H and O–H groups in total. The number of amides is 3. The molecular weight excluding hydrogens is 446 g/mol. The van der Waals surface area contributed by atoms with Crippen molar-refractivity contribution in [3.8, 4) is 0 Å². The van der Waals surface area contributed by atoms with Crippen molar-refractivity contribution in [2.45, 2.75) is 46.7 Å². The van der Waals surface area contributed by atoms with E-state index in [4.69, 9.17) is 4.74 Å². The molecule has 11 heteroatoms. The van der Waals surface area contributed by atoms with E-state index in [1.807, 2.05) is 13.8 Å². The van der Waals surface area contributed by atoms with Crippen molar-refractivity contribution in [3.63, 3.8) is 0 Å². The van der Waals surface area contributed by atoms with E-state index in [-0.39, 0.29) is 23.4 Å². The number of nitrogens with one attached hydrogen (secondary N) is 2. The summed E-state index contributed by atoms with van der Waals surface area (Å²) in [5.41, 5.74) is 1.55. The lowest BCUT2D eigenvalue weighted by molar-refractivity contribution is -0.119. The summed E-state index contributed by atoms with van der Waals surface area (Å²) in [7, 11) is 2.76. The molecule has 1 aromatic rings. The fourth-order valence-corrected chi connectivity index (χ4v) is 3.43. The lowest BCUT2D eigenvalue weighted by Gasteiger charge is -2.28. The van der Waals surface area contributed by atoms with Gasteiger partial charge in [-0.25, -0.2) is 0 Å². The minimum absolute atomic E-state index is 0.0940. The molecule has 0 aliphatic carbocycles. The van der Waals surface area contributed by atoms with Gasteiger partial charge < -0.3 is 40.7 Å². The van der Waals surface area contributed by atoms with Crippen LogP contribution >= 0.6 is 0 Å². The number of carbonyl (C=O) groups is 3. The van der Waals surface area contributed by atoms with Crippen LogP contribution in [0.3, 0.4) is 0 Å². The van der Waals surface area contributed by atoms with Crippen LogP contribution in [-0.2, 0) is 9.53 Å². The van der Waals surface area contributed by atoms with Crippen molar-refractivity contribution >= 4 is 23.4 Å². The van der Waals surface area contributed by atoms with Crippen molar-refractivity contribution in [2.24, 2.45) is 0 Å². The van der Waals surface area contributed by atoms with E-state index in [9.17, 15) is 34.8 Å². The zero-order valence-electron chi connectivity index (χ0n) is 21.1. The van der Waals surface area contributed by atoms with Gasteiger partial charge in [-0.1, -0.05) is 13.8 Å². The van der Waals surface area contributed by atoms with Gasteiger partial charge in [0.05, 0.1) is 38.5 Å². The third-order valence-electron chi connectivity index (χ3n) is 5.30. The molecular formula is C23H39N3O8. The summed E-state index contributed by atoms with van der Waals surface area (Å²) in [6, 6.07) is -1.77. The van der Waals surface area contributed by atoms with Gasteiger partial charge in [-0.05, 0) is 37.5 Å². The Hall–Kier alpha value is -2.57. The number of aliphatic hydroxyl groups is 4. The van der Waals surface area contributed by atoms with Crippen molar-refractivity contribution in [3.05, 3.63) is 27.8 Å². The minimum atomic E-state index is -0.913. The molecule has 3 amide bonds. The fraction of sp³-hybridized carbons (Fsp3) is 0.609. The molecule has 11 nitrogen and oxygen atoms in total. The van der Waals surface area contributed by atoms with Gasteiger partial charge in [-0.2, -0.15) is 0 Å². The Balaban J connectivity index is 0.00000529. The number of benzene rings is 1. The summed E-state index contributed by atoms with van der Waals surface area (Å²) in [6.45, 7) is 6.61. The lowest BCUT2D eigenvalue weighted by Crippen LogP contribution is -2.43. The largest absolute Gasteiger partial charge is 0.394 e. The molecule has 0 aliphatic rings. The van der Waals surface area contributed by atoms with E-state index in [1.54, 1.807) is 20.8 Å². The summed E-state index contributed by atoms with van der Waals surface area (Å²) in [6.07, 6.45) is 0. The number of aliphatic hydroxyl groups excluding tert-OH is 4. The van der Waals surface area contributed by atoms with Crippen LogP contribution in [0.1, 0.15) is 51.3 Å². The van der Waals surface area contributed by atoms with Gasteiger partial charge in [0.2, 0.25) is 5.91 Å². The molecule has 0 bridgehead atoms. The number of likely N-dealkylation sites (N-methyl/N-ethyl adjacent to an activating group) is 1. The van der Waals surface area contributed by atoms with Gasteiger partial charge in [-0.15, -0.1) is 0 Å². The second kappa shape index (κ2) is 15.4. The minimum Gasteiger partial charge on any atom is -0.394 e. The van der Waals surface area contributed by atoms with Gasteiger partial charge in [0.25, 0.3) is 11.8 Å². The first-order valence-corrected chi connectivity index (χ1v) is 11.0. The molecule has 0 atom stereocenters. The number of anilines is 1. The Morgan fingerprint density at radius 2 is 1.38 bits per heavy atom. The molecule has 1 aromatic carbocycles. The van der Waals surface area contributed by atoms with Crippen LogP contribution in [0.15, 0.2) is 0 Å². The first kappa shape index (κ1) is 31.4. The van der Waals surface area contributed by atoms with Crippen LogP contribution < -0.4 is 10.6 Å². The summed E-state index contributed by atoms with van der Waals surface area (Å²) >= 11 is 0. The third kappa shape index (κ3) is 7.47. The zero-order valence-corrected chi connectivity index (χ0v) is 21.1. The van der Waals surface area contributed by atoms with E-state index in [1.165, 1.54) is 14.2 Å². The van der Waals surface area contributed by atoms with Gasteiger partial charge in [0.15, 0.2) is 0 Å². The molecule has 0 heterocycles. The average Bonchev–Trinajstić information content (AvgIpc) is 2.82. The molecule has 0 saturated heterocycles. The molecule has 0 saturated carbocycles. The first-order chi connectivity index (χ1) is 16.1. The topological polar surface area (TPSA) is 169 Å². The Kier molecular flexibility index (Phi) is 14.2. The lowest BCUT2D eigenvalue weighted by atomic mass is 9.89. The smallest absolute Gasteiger partial charge is 0.254 e. The summed E-state index contributed by atoms with van der Waals surface area (Å²) in [4.78, 5) is 39.7. The molecule has 34 heavy (non-hydrogen) atoms. The molecule has 0 aliphatic heterocycles. The van der Waals surface area contributed by atoms with Crippen LogP contribution in [0, 0.1) is 20.8 Å². The second-order valence-electron chi connectivity index (χ2n) is 7.45. The van der Waals surface area contributed by atoms with Gasteiger partial charge >= 0.3 is 0 Å². The quantitative estimate of drug-likeness (QED) is 0.249. The molecule has 1 rings (SSSR count). The number of ether oxygens (including phenoxy) is 1. The normalized spacial score (nSPS) is 10.6. The van der Waals surface area contributed by atoms with Crippen LogP contribution in [0.5, 0.6) is 0 Å². The Morgan fingerprint density at radius 1 is 0.882 bits per heavy atom. The van der Waals surface area contributed by atoms with E-state index < -0.39 is 56.2 Å². The number of rotatable bonds is 11. The van der Waals surface area contributed by atoms with Gasteiger partial charge in [0.1, 0.15) is 6.61 Å². The molecule has 0 radical (unpaired) electrons. The number of methoxy groups -OCH3 is 1. The standard InChI is InChI=1S/C21H33N3O8.C2H6/c1-11-17(20(30)22-14(6-25)7-26)12(2)19(23-16(29)10-32-5)13(3)18(11)21(31)24(4)15(8-27)9-28;1-2/h14-15,25-28H,6-10H2,1-5H3,(H,22,30)(H,23,29);1-2H3. The van der Waals surface area contributed by atoms with Crippen LogP contribution in [0.4, 0.5) is 5.69 Å². The monoisotopic (exact) mass is 485 g/mol. The highest BCUT2D eigenvalue weighted by atomic mass is 16.5. The highest BCUT2D eigenvalue weighted by Crippen LogP contribution is 2.32. The number of hydrogen-bond donors (Lipinski definition) is 6. The van der Waals surface area contributed by atoms with Crippen LogP contribution in [0.25, 0.3) is 0 Å². The molecule has 0 fully saturated rings. The summed E-state index contributed by atoms with van der Waals surface area (Å²) < 4.78 is 4.84. The average molecular weight is 486 g/mol. The highest BCUT2D eigenvalue weighted by molar-refractivity contribution is 6.08. The van der Waals surface area contributed by atoms with Gasteiger partial charge in [0, 0.05) is 31.0 Å². The second-order valence-corrected chi connectivity index (χ2v) is 7.45. The van der Waals surface area contributed by atoms with Crippen LogP contribution in [0.2, 0.25) is 0 Å². The highest BCUT2D eigenvalue weighted by Gasteiger charge is 2.30. The maximum atomic E-state index is 13.3.